The summed E-state index contributed by atoms with van der Waals surface area (Å²) in [6.07, 6.45) is 0. The second-order valence-electron chi connectivity index (χ2n) is 5.34. The van der Waals surface area contributed by atoms with E-state index >= 15 is 0 Å². The lowest BCUT2D eigenvalue weighted by molar-refractivity contribution is 0.146. The minimum atomic E-state index is -3.70. The molecule has 2 aromatic carbocycles. The molecule has 7 heteroatoms. The fourth-order valence-electron chi connectivity index (χ4n) is 2.06. The Balaban J connectivity index is 2.19. The molecule has 130 valence electrons. The Labute approximate surface area is 147 Å². The van der Waals surface area contributed by atoms with Crippen LogP contribution in [0.5, 0.6) is 5.75 Å². The maximum atomic E-state index is 12.5. The second-order valence-corrected chi connectivity index (χ2v) is 7.43. The van der Waals surface area contributed by atoms with E-state index in [1.165, 1.54) is 6.07 Å². The number of anilines is 1. The minimum absolute atomic E-state index is 0.163. The molecule has 0 aliphatic heterocycles. The number of halogens is 1. The van der Waals surface area contributed by atoms with E-state index < -0.39 is 10.0 Å². The van der Waals surface area contributed by atoms with E-state index in [9.17, 15) is 8.42 Å². The van der Waals surface area contributed by atoms with E-state index in [0.29, 0.717) is 29.7 Å². The summed E-state index contributed by atoms with van der Waals surface area (Å²) in [6.45, 7) is 4.52. The maximum absolute atomic E-state index is 12.5. The Morgan fingerprint density at radius 2 is 1.79 bits per heavy atom. The first-order valence-electron chi connectivity index (χ1n) is 7.35. The van der Waals surface area contributed by atoms with Gasteiger partial charge in [-0.1, -0.05) is 17.7 Å². The van der Waals surface area contributed by atoms with Gasteiger partial charge in [0, 0.05) is 12.1 Å². The highest BCUT2D eigenvalue weighted by atomic mass is 35.5. The number of hydrogen-bond donors (Lipinski definition) is 1. The Morgan fingerprint density at radius 3 is 2.42 bits per heavy atom. The van der Waals surface area contributed by atoms with Gasteiger partial charge in [0.15, 0.2) is 0 Å². The molecular formula is C17H20ClNO4S. The van der Waals surface area contributed by atoms with Crippen LogP contribution in [0.3, 0.4) is 0 Å². The lowest BCUT2D eigenvalue weighted by Gasteiger charge is -2.12. The molecule has 0 aliphatic carbocycles. The summed E-state index contributed by atoms with van der Waals surface area (Å²) in [5.41, 5.74) is 2.03. The van der Waals surface area contributed by atoms with Crippen molar-refractivity contribution in [1.82, 2.24) is 0 Å². The summed E-state index contributed by atoms with van der Waals surface area (Å²) in [5.74, 6) is 0.629. The normalized spacial score (nSPS) is 11.3. The van der Waals surface area contributed by atoms with Crippen LogP contribution in [-0.4, -0.2) is 28.7 Å². The maximum Gasteiger partial charge on any atom is 0.261 e. The number of aryl methyl sites for hydroxylation is 2. The van der Waals surface area contributed by atoms with Crippen molar-refractivity contribution in [2.75, 3.05) is 25.0 Å². The summed E-state index contributed by atoms with van der Waals surface area (Å²) in [5, 5.41) is 0.508. The van der Waals surface area contributed by atoms with Gasteiger partial charge in [-0.3, -0.25) is 4.72 Å². The van der Waals surface area contributed by atoms with Crippen LogP contribution in [0.2, 0.25) is 5.02 Å². The third-order valence-electron chi connectivity index (χ3n) is 3.43. The molecule has 0 saturated heterocycles. The molecule has 0 unspecified atom stereocenters. The number of benzene rings is 2. The van der Waals surface area contributed by atoms with Crippen LogP contribution in [0, 0.1) is 13.8 Å². The van der Waals surface area contributed by atoms with Crippen molar-refractivity contribution in [1.29, 1.82) is 0 Å². The van der Waals surface area contributed by atoms with Gasteiger partial charge in [0.2, 0.25) is 0 Å². The van der Waals surface area contributed by atoms with Crippen molar-refractivity contribution in [3.8, 4) is 5.75 Å². The molecule has 0 atom stereocenters. The summed E-state index contributed by atoms with van der Waals surface area (Å²) in [6, 6.07) is 9.74. The van der Waals surface area contributed by atoms with Crippen molar-refractivity contribution in [3.63, 3.8) is 0 Å². The SMILES string of the molecule is COCCOc1ccc(S(=O)(=O)Nc2ccc(C)c(Cl)c2)cc1C. The molecule has 0 saturated carbocycles. The number of methoxy groups -OCH3 is 1. The summed E-state index contributed by atoms with van der Waals surface area (Å²) >= 11 is 6.03. The summed E-state index contributed by atoms with van der Waals surface area (Å²) < 4.78 is 38.0. The monoisotopic (exact) mass is 369 g/mol. The van der Waals surface area contributed by atoms with E-state index in [-0.39, 0.29) is 4.90 Å². The van der Waals surface area contributed by atoms with E-state index in [4.69, 9.17) is 21.1 Å². The number of rotatable bonds is 7. The summed E-state index contributed by atoms with van der Waals surface area (Å²) in [4.78, 5) is 0.163. The number of hydrogen-bond acceptors (Lipinski definition) is 4. The average Bonchev–Trinajstić information content (AvgIpc) is 2.52. The van der Waals surface area contributed by atoms with E-state index in [2.05, 4.69) is 4.72 Å². The zero-order valence-electron chi connectivity index (χ0n) is 13.8. The van der Waals surface area contributed by atoms with Crippen LogP contribution >= 0.6 is 11.6 Å². The van der Waals surface area contributed by atoms with Gasteiger partial charge in [-0.25, -0.2) is 8.42 Å². The predicted molar refractivity (Wildman–Crippen MR) is 95.5 cm³/mol. The Morgan fingerprint density at radius 1 is 1.04 bits per heavy atom. The molecule has 0 fully saturated rings. The third-order valence-corrected chi connectivity index (χ3v) is 5.21. The molecule has 0 amide bonds. The molecule has 2 rings (SSSR count). The van der Waals surface area contributed by atoms with Crippen LogP contribution in [-0.2, 0) is 14.8 Å². The van der Waals surface area contributed by atoms with E-state index in [0.717, 1.165) is 11.1 Å². The molecule has 5 nitrogen and oxygen atoms in total. The van der Waals surface area contributed by atoms with Crippen LogP contribution in [0.1, 0.15) is 11.1 Å². The largest absolute Gasteiger partial charge is 0.491 e. The first-order chi connectivity index (χ1) is 11.3. The first kappa shape index (κ1) is 18.6. The predicted octanol–water partition coefficient (Wildman–Crippen LogP) is 3.78. The molecule has 24 heavy (non-hydrogen) atoms. The molecule has 0 bridgehead atoms. The average molecular weight is 370 g/mol. The molecule has 0 aromatic heterocycles. The zero-order chi connectivity index (χ0) is 17.7. The molecule has 2 aromatic rings. The topological polar surface area (TPSA) is 64.6 Å². The first-order valence-corrected chi connectivity index (χ1v) is 9.21. The third kappa shape index (κ3) is 4.63. The highest BCUT2D eigenvalue weighted by Crippen LogP contribution is 2.25. The van der Waals surface area contributed by atoms with Crippen molar-refractivity contribution in [2.24, 2.45) is 0 Å². The molecular weight excluding hydrogens is 350 g/mol. The van der Waals surface area contributed by atoms with Gasteiger partial charge in [0.1, 0.15) is 12.4 Å². The fraction of sp³-hybridized carbons (Fsp3) is 0.294. The van der Waals surface area contributed by atoms with Crippen LogP contribution in [0.4, 0.5) is 5.69 Å². The highest BCUT2D eigenvalue weighted by Gasteiger charge is 2.16. The Bertz CT molecular complexity index is 821. The lowest BCUT2D eigenvalue weighted by atomic mass is 10.2. The highest BCUT2D eigenvalue weighted by molar-refractivity contribution is 7.92. The van der Waals surface area contributed by atoms with Crippen molar-refractivity contribution in [2.45, 2.75) is 18.7 Å². The van der Waals surface area contributed by atoms with Gasteiger partial charge in [0.25, 0.3) is 10.0 Å². The fourth-order valence-corrected chi connectivity index (χ4v) is 3.37. The van der Waals surface area contributed by atoms with Crippen molar-refractivity contribution in [3.05, 3.63) is 52.5 Å². The molecule has 0 heterocycles. The number of ether oxygens (including phenoxy) is 2. The van der Waals surface area contributed by atoms with Gasteiger partial charge in [-0.2, -0.15) is 0 Å². The van der Waals surface area contributed by atoms with E-state index in [1.807, 2.05) is 6.92 Å². The quantitative estimate of drug-likeness (QED) is 0.754. The summed E-state index contributed by atoms with van der Waals surface area (Å²) in [7, 11) is -2.10. The standard InChI is InChI=1S/C17H20ClNO4S/c1-12-4-5-14(11-16(12)18)19-24(20,21)15-6-7-17(13(2)10-15)23-9-8-22-3/h4-7,10-11,19H,8-9H2,1-3H3. The molecule has 0 aliphatic rings. The number of sulfonamides is 1. The van der Waals surface area contributed by atoms with Crippen molar-refractivity contribution >= 4 is 27.3 Å². The van der Waals surface area contributed by atoms with E-state index in [1.54, 1.807) is 44.4 Å². The Kier molecular flexibility index (Phi) is 6.10. The zero-order valence-corrected chi connectivity index (χ0v) is 15.4. The van der Waals surface area contributed by atoms with Crippen LogP contribution in [0.25, 0.3) is 0 Å². The van der Waals surface area contributed by atoms with Gasteiger partial charge < -0.3 is 9.47 Å². The molecule has 0 radical (unpaired) electrons. The van der Waals surface area contributed by atoms with Gasteiger partial charge in [-0.05, 0) is 55.3 Å². The van der Waals surface area contributed by atoms with Gasteiger partial charge in [0.05, 0.1) is 17.2 Å². The van der Waals surface area contributed by atoms with Crippen LogP contribution in [0.15, 0.2) is 41.3 Å². The van der Waals surface area contributed by atoms with Crippen molar-refractivity contribution < 1.29 is 17.9 Å². The Hall–Kier alpha value is -1.76. The molecule has 0 spiro atoms. The minimum Gasteiger partial charge on any atom is -0.491 e. The van der Waals surface area contributed by atoms with Gasteiger partial charge in [-0.15, -0.1) is 0 Å². The lowest BCUT2D eigenvalue weighted by Crippen LogP contribution is -2.13. The molecule has 1 N–H and O–H groups in total. The smallest absolute Gasteiger partial charge is 0.261 e. The number of nitrogens with one attached hydrogen (secondary N) is 1. The van der Waals surface area contributed by atoms with Gasteiger partial charge >= 0.3 is 0 Å². The second kappa shape index (κ2) is 7.88. The van der Waals surface area contributed by atoms with Crippen LogP contribution < -0.4 is 9.46 Å².